The van der Waals surface area contributed by atoms with Gasteiger partial charge in [0.2, 0.25) is 0 Å². The van der Waals surface area contributed by atoms with Gasteiger partial charge in [-0.3, -0.25) is 0 Å². The molecule has 21 heavy (non-hydrogen) atoms. The molecule has 0 saturated carbocycles. The molecule has 5 heteroatoms. The van der Waals surface area contributed by atoms with Crippen LogP contribution in [0.5, 0.6) is 0 Å². The monoisotopic (exact) mass is 312 g/mol. The van der Waals surface area contributed by atoms with Gasteiger partial charge in [0.05, 0.1) is 5.02 Å². The Morgan fingerprint density at radius 2 is 1.95 bits per heavy atom. The van der Waals surface area contributed by atoms with Crippen molar-refractivity contribution in [1.29, 1.82) is 0 Å². The number of pyridine rings is 1. The van der Waals surface area contributed by atoms with Crippen LogP contribution < -0.4 is 10.2 Å². The Balaban J connectivity index is 2.58. The van der Waals surface area contributed by atoms with Crippen LogP contribution in [0.3, 0.4) is 0 Å². The van der Waals surface area contributed by atoms with E-state index in [9.17, 15) is 0 Å². The van der Waals surface area contributed by atoms with Gasteiger partial charge in [0.1, 0.15) is 5.82 Å². The molecule has 0 radical (unpaired) electrons. The number of nitrogens with zero attached hydrogens (tertiary/aromatic N) is 3. The molecule has 0 unspecified atom stereocenters. The summed E-state index contributed by atoms with van der Waals surface area (Å²) in [6.45, 7) is 8.26. The third-order valence-electron chi connectivity index (χ3n) is 3.28. The molecule has 0 spiro atoms. The molecule has 4 nitrogen and oxygen atoms in total. The summed E-state index contributed by atoms with van der Waals surface area (Å²) in [4.78, 5) is 8.82. The smallest absolute Gasteiger partial charge is 0.128 e. The van der Waals surface area contributed by atoms with Crippen molar-refractivity contribution < 1.29 is 0 Å². The van der Waals surface area contributed by atoms with E-state index in [0.717, 1.165) is 49.0 Å². The molecule has 0 bridgehead atoms. The van der Waals surface area contributed by atoms with Crippen LogP contribution in [0.25, 0.3) is 0 Å². The standard InChI is InChI=1S/C16H29ClN4/c1-13(2)10-18-11-14-9-16(19-12-15(14)17)21(5)8-6-7-20(3)4/h9,12-13,18H,6-8,10-11H2,1-5H3. The van der Waals surface area contributed by atoms with Crippen LogP contribution in [0.4, 0.5) is 5.82 Å². The van der Waals surface area contributed by atoms with Crippen molar-refractivity contribution in [2.75, 3.05) is 45.7 Å². The lowest BCUT2D eigenvalue weighted by molar-refractivity contribution is 0.401. The molecule has 0 amide bonds. The van der Waals surface area contributed by atoms with Gasteiger partial charge in [0.15, 0.2) is 0 Å². The number of aromatic nitrogens is 1. The van der Waals surface area contributed by atoms with E-state index in [4.69, 9.17) is 11.6 Å². The largest absolute Gasteiger partial charge is 0.360 e. The molecule has 0 aliphatic rings. The molecule has 0 aromatic carbocycles. The second-order valence-electron chi connectivity index (χ2n) is 6.24. The van der Waals surface area contributed by atoms with Gasteiger partial charge in [-0.15, -0.1) is 0 Å². The van der Waals surface area contributed by atoms with Crippen LogP contribution in [-0.4, -0.2) is 50.7 Å². The van der Waals surface area contributed by atoms with Crippen molar-refractivity contribution in [2.24, 2.45) is 5.92 Å². The fourth-order valence-corrected chi connectivity index (χ4v) is 2.22. The van der Waals surface area contributed by atoms with E-state index in [0.29, 0.717) is 5.92 Å². The van der Waals surface area contributed by atoms with Gasteiger partial charge in [0, 0.05) is 26.3 Å². The Morgan fingerprint density at radius 1 is 1.24 bits per heavy atom. The molecule has 0 aliphatic carbocycles. The summed E-state index contributed by atoms with van der Waals surface area (Å²) in [6, 6.07) is 2.09. The van der Waals surface area contributed by atoms with Crippen molar-refractivity contribution in [3.8, 4) is 0 Å². The number of rotatable bonds is 9. The van der Waals surface area contributed by atoms with Gasteiger partial charge < -0.3 is 15.1 Å². The van der Waals surface area contributed by atoms with Crippen LogP contribution in [0.2, 0.25) is 5.02 Å². The van der Waals surface area contributed by atoms with Crippen molar-refractivity contribution in [3.05, 3.63) is 22.8 Å². The first-order valence-corrected chi connectivity index (χ1v) is 7.99. The van der Waals surface area contributed by atoms with Gasteiger partial charge in [-0.05, 0) is 51.2 Å². The molecular formula is C16H29ClN4. The summed E-state index contributed by atoms with van der Waals surface area (Å²) in [5.41, 5.74) is 1.11. The van der Waals surface area contributed by atoms with Crippen molar-refractivity contribution >= 4 is 17.4 Å². The first-order valence-electron chi connectivity index (χ1n) is 7.61. The minimum atomic E-state index is 0.638. The molecule has 0 saturated heterocycles. The normalized spacial score (nSPS) is 11.4. The first-order chi connectivity index (χ1) is 9.90. The SMILES string of the molecule is CC(C)CNCc1cc(N(C)CCCN(C)C)ncc1Cl. The number of hydrogen-bond donors (Lipinski definition) is 1. The van der Waals surface area contributed by atoms with Crippen molar-refractivity contribution in [2.45, 2.75) is 26.8 Å². The summed E-state index contributed by atoms with van der Waals surface area (Å²) >= 11 is 6.23. The fourth-order valence-electron chi connectivity index (χ4n) is 2.05. The molecule has 0 aliphatic heterocycles. The zero-order valence-corrected chi connectivity index (χ0v) is 14.7. The van der Waals surface area contributed by atoms with E-state index in [1.165, 1.54) is 0 Å². The zero-order chi connectivity index (χ0) is 15.8. The van der Waals surface area contributed by atoms with E-state index in [2.05, 4.69) is 61.2 Å². The van der Waals surface area contributed by atoms with E-state index in [1.54, 1.807) is 6.20 Å². The Bertz CT molecular complexity index is 421. The first kappa shape index (κ1) is 18.2. The van der Waals surface area contributed by atoms with Gasteiger partial charge in [0.25, 0.3) is 0 Å². The van der Waals surface area contributed by atoms with E-state index < -0.39 is 0 Å². The van der Waals surface area contributed by atoms with E-state index >= 15 is 0 Å². The topological polar surface area (TPSA) is 31.4 Å². The van der Waals surface area contributed by atoms with Crippen molar-refractivity contribution in [1.82, 2.24) is 15.2 Å². The van der Waals surface area contributed by atoms with Gasteiger partial charge in [-0.25, -0.2) is 4.98 Å². The summed E-state index contributed by atoms with van der Waals surface area (Å²) in [6.07, 6.45) is 2.88. The highest BCUT2D eigenvalue weighted by Gasteiger charge is 2.07. The lowest BCUT2D eigenvalue weighted by atomic mass is 10.2. The van der Waals surface area contributed by atoms with E-state index in [1.807, 2.05) is 0 Å². The Morgan fingerprint density at radius 3 is 2.57 bits per heavy atom. The fraction of sp³-hybridized carbons (Fsp3) is 0.688. The lowest BCUT2D eigenvalue weighted by Gasteiger charge is -2.20. The molecule has 120 valence electrons. The highest BCUT2D eigenvalue weighted by molar-refractivity contribution is 6.31. The summed E-state index contributed by atoms with van der Waals surface area (Å²) in [5.74, 6) is 1.62. The average Bonchev–Trinajstić information content (AvgIpc) is 2.40. The predicted octanol–water partition coefficient (Wildman–Crippen LogP) is 2.87. The maximum Gasteiger partial charge on any atom is 0.128 e. The zero-order valence-electron chi connectivity index (χ0n) is 14.0. The maximum absolute atomic E-state index is 6.23. The van der Waals surface area contributed by atoms with Crippen LogP contribution in [-0.2, 0) is 6.54 Å². The summed E-state index contributed by atoms with van der Waals surface area (Å²) in [7, 11) is 6.27. The Hall–Kier alpha value is -0.840. The van der Waals surface area contributed by atoms with Crippen LogP contribution in [0, 0.1) is 5.92 Å². The third kappa shape index (κ3) is 7.11. The molecule has 1 rings (SSSR count). The van der Waals surface area contributed by atoms with Crippen molar-refractivity contribution in [3.63, 3.8) is 0 Å². The van der Waals surface area contributed by atoms with E-state index in [-0.39, 0.29) is 0 Å². The van der Waals surface area contributed by atoms with Gasteiger partial charge in [-0.2, -0.15) is 0 Å². The molecular weight excluding hydrogens is 284 g/mol. The molecule has 1 aromatic rings. The minimum Gasteiger partial charge on any atom is -0.360 e. The molecule has 0 atom stereocenters. The molecule has 1 N–H and O–H groups in total. The van der Waals surface area contributed by atoms with Crippen LogP contribution >= 0.6 is 11.6 Å². The maximum atomic E-state index is 6.23. The summed E-state index contributed by atoms with van der Waals surface area (Å²) < 4.78 is 0. The van der Waals surface area contributed by atoms with Gasteiger partial charge in [-0.1, -0.05) is 25.4 Å². The highest BCUT2D eigenvalue weighted by atomic mass is 35.5. The average molecular weight is 313 g/mol. The Kier molecular flexibility index (Phi) is 8.01. The van der Waals surface area contributed by atoms with Gasteiger partial charge >= 0.3 is 0 Å². The lowest BCUT2D eigenvalue weighted by Crippen LogP contribution is -2.24. The van der Waals surface area contributed by atoms with Crippen LogP contribution in [0.15, 0.2) is 12.3 Å². The molecule has 0 fully saturated rings. The number of hydrogen-bond acceptors (Lipinski definition) is 4. The second-order valence-corrected chi connectivity index (χ2v) is 6.64. The quantitative estimate of drug-likeness (QED) is 0.760. The Labute approximate surface area is 134 Å². The second kappa shape index (κ2) is 9.23. The highest BCUT2D eigenvalue weighted by Crippen LogP contribution is 2.20. The molecule has 1 heterocycles. The third-order valence-corrected chi connectivity index (χ3v) is 3.62. The predicted molar refractivity (Wildman–Crippen MR) is 92.2 cm³/mol. The number of halogens is 1. The molecule has 1 aromatic heterocycles. The minimum absolute atomic E-state index is 0.638. The summed E-state index contributed by atoms with van der Waals surface area (Å²) in [5, 5.41) is 4.16. The number of anilines is 1. The number of nitrogens with one attached hydrogen (secondary N) is 1. The van der Waals surface area contributed by atoms with Crippen LogP contribution in [0.1, 0.15) is 25.8 Å².